The molecule has 0 spiro atoms. The zero-order valence-electron chi connectivity index (χ0n) is 12.3. The summed E-state index contributed by atoms with van der Waals surface area (Å²) in [6.45, 7) is 4.21. The molecule has 2 aromatic rings. The molecule has 0 amide bonds. The van der Waals surface area contributed by atoms with E-state index in [0.717, 1.165) is 22.4 Å². The summed E-state index contributed by atoms with van der Waals surface area (Å²) in [6, 6.07) is 10.7. The first-order chi connectivity index (χ1) is 10.0. The first-order valence-electron chi connectivity index (χ1n) is 6.61. The topological polar surface area (TPSA) is 55.8 Å². The third-order valence-corrected chi connectivity index (χ3v) is 3.24. The summed E-state index contributed by atoms with van der Waals surface area (Å²) in [5, 5.41) is 8.95. The van der Waals surface area contributed by atoms with Gasteiger partial charge >= 0.3 is 5.97 Å². The maximum Gasteiger partial charge on any atom is 0.335 e. The van der Waals surface area contributed by atoms with E-state index in [1.807, 2.05) is 32.0 Å². The van der Waals surface area contributed by atoms with E-state index in [2.05, 4.69) is 0 Å². The molecule has 21 heavy (non-hydrogen) atoms. The fourth-order valence-electron chi connectivity index (χ4n) is 2.12. The zero-order chi connectivity index (χ0) is 15.4. The Morgan fingerprint density at radius 2 is 1.81 bits per heavy atom. The van der Waals surface area contributed by atoms with Crippen molar-refractivity contribution in [2.45, 2.75) is 20.5 Å². The fraction of sp³-hybridized carbons (Fsp3) is 0.235. The molecule has 0 saturated carbocycles. The number of aromatic carboxylic acids is 1. The number of ether oxygens (including phenoxy) is 2. The van der Waals surface area contributed by atoms with Crippen LogP contribution in [0.5, 0.6) is 11.5 Å². The number of carbonyl (C=O) groups is 1. The van der Waals surface area contributed by atoms with Gasteiger partial charge in [-0.05, 0) is 49.7 Å². The highest BCUT2D eigenvalue weighted by molar-refractivity contribution is 5.88. The number of rotatable bonds is 5. The minimum absolute atomic E-state index is 0.257. The lowest BCUT2D eigenvalue weighted by molar-refractivity contribution is 0.0696. The third kappa shape index (κ3) is 3.54. The average molecular weight is 286 g/mol. The van der Waals surface area contributed by atoms with E-state index in [1.54, 1.807) is 19.2 Å². The number of hydrogen-bond acceptors (Lipinski definition) is 3. The number of hydrogen-bond donors (Lipinski definition) is 1. The highest BCUT2D eigenvalue weighted by Gasteiger charge is 2.08. The van der Waals surface area contributed by atoms with Crippen LogP contribution in [0.25, 0.3) is 0 Å². The summed E-state index contributed by atoms with van der Waals surface area (Å²) >= 11 is 0. The monoisotopic (exact) mass is 286 g/mol. The van der Waals surface area contributed by atoms with Crippen molar-refractivity contribution in [1.29, 1.82) is 0 Å². The van der Waals surface area contributed by atoms with Crippen LogP contribution in [-0.2, 0) is 6.61 Å². The van der Waals surface area contributed by atoms with E-state index >= 15 is 0 Å². The first kappa shape index (κ1) is 14.9. The van der Waals surface area contributed by atoms with E-state index in [9.17, 15) is 4.79 Å². The Bertz CT molecular complexity index is 662. The number of benzene rings is 2. The Balaban J connectivity index is 2.17. The van der Waals surface area contributed by atoms with Crippen LogP contribution >= 0.6 is 0 Å². The van der Waals surface area contributed by atoms with Gasteiger partial charge in [-0.25, -0.2) is 4.79 Å². The molecule has 2 rings (SSSR count). The van der Waals surface area contributed by atoms with E-state index in [0.29, 0.717) is 12.4 Å². The van der Waals surface area contributed by atoms with Gasteiger partial charge in [0.15, 0.2) is 0 Å². The number of carboxylic acids is 1. The summed E-state index contributed by atoms with van der Waals surface area (Å²) < 4.78 is 11.1. The Hall–Kier alpha value is -2.49. The van der Waals surface area contributed by atoms with Crippen molar-refractivity contribution in [3.05, 3.63) is 58.7 Å². The summed E-state index contributed by atoms with van der Waals surface area (Å²) in [6.07, 6.45) is 0. The minimum Gasteiger partial charge on any atom is -0.496 e. The molecule has 0 atom stereocenters. The van der Waals surface area contributed by atoms with Crippen LogP contribution in [0.3, 0.4) is 0 Å². The molecule has 0 aliphatic heterocycles. The van der Waals surface area contributed by atoms with Crippen LogP contribution in [0, 0.1) is 13.8 Å². The van der Waals surface area contributed by atoms with Gasteiger partial charge in [-0.2, -0.15) is 0 Å². The molecule has 4 nitrogen and oxygen atoms in total. The van der Waals surface area contributed by atoms with Gasteiger partial charge in [0.1, 0.15) is 18.1 Å². The van der Waals surface area contributed by atoms with Gasteiger partial charge in [0, 0.05) is 5.56 Å². The molecule has 110 valence electrons. The minimum atomic E-state index is -0.940. The molecule has 0 radical (unpaired) electrons. The van der Waals surface area contributed by atoms with Crippen LogP contribution in [-0.4, -0.2) is 18.2 Å². The molecule has 0 aromatic heterocycles. The maximum absolute atomic E-state index is 10.9. The van der Waals surface area contributed by atoms with Gasteiger partial charge in [0.25, 0.3) is 0 Å². The zero-order valence-corrected chi connectivity index (χ0v) is 12.3. The normalized spacial score (nSPS) is 10.2. The molecular formula is C17H18O4. The number of methoxy groups -OCH3 is 1. The van der Waals surface area contributed by atoms with Crippen molar-refractivity contribution in [3.8, 4) is 11.5 Å². The van der Waals surface area contributed by atoms with Crippen LogP contribution in [0.15, 0.2) is 36.4 Å². The Labute approximate surface area is 123 Å². The van der Waals surface area contributed by atoms with Crippen molar-refractivity contribution in [2.75, 3.05) is 7.11 Å². The Morgan fingerprint density at radius 1 is 1.10 bits per heavy atom. The summed E-state index contributed by atoms with van der Waals surface area (Å²) in [5.74, 6) is 0.508. The molecule has 1 N–H and O–H groups in total. The lowest BCUT2D eigenvalue weighted by atomic mass is 10.1. The quantitative estimate of drug-likeness (QED) is 0.912. The van der Waals surface area contributed by atoms with Crippen LogP contribution in [0.1, 0.15) is 27.0 Å². The van der Waals surface area contributed by atoms with Gasteiger partial charge in [-0.1, -0.05) is 11.6 Å². The number of carboxylic acid groups (broad SMARTS) is 1. The molecular weight excluding hydrogens is 268 g/mol. The Morgan fingerprint density at radius 3 is 2.43 bits per heavy atom. The number of aryl methyl sites for hydroxylation is 2. The average Bonchev–Trinajstić information content (AvgIpc) is 2.46. The third-order valence-electron chi connectivity index (χ3n) is 3.24. The molecule has 0 bridgehead atoms. The second-order valence-electron chi connectivity index (χ2n) is 4.89. The lowest BCUT2D eigenvalue weighted by Gasteiger charge is -2.13. The predicted octanol–water partition coefficient (Wildman–Crippen LogP) is 3.59. The van der Waals surface area contributed by atoms with Crippen molar-refractivity contribution in [3.63, 3.8) is 0 Å². The fourth-order valence-corrected chi connectivity index (χ4v) is 2.12. The van der Waals surface area contributed by atoms with Crippen LogP contribution in [0.4, 0.5) is 0 Å². The van der Waals surface area contributed by atoms with E-state index in [4.69, 9.17) is 14.6 Å². The van der Waals surface area contributed by atoms with Crippen molar-refractivity contribution in [1.82, 2.24) is 0 Å². The molecule has 0 heterocycles. The maximum atomic E-state index is 10.9. The molecule has 0 unspecified atom stereocenters. The highest BCUT2D eigenvalue weighted by atomic mass is 16.5. The molecule has 0 aliphatic rings. The largest absolute Gasteiger partial charge is 0.496 e. The van der Waals surface area contributed by atoms with Gasteiger partial charge in [0.2, 0.25) is 0 Å². The second-order valence-corrected chi connectivity index (χ2v) is 4.89. The molecule has 0 saturated heterocycles. The van der Waals surface area contributed by atoms with Gasteiger partial charge < -0.3 is 14.6 Å². The first-order valence-corrected chi connectivity index (χ1v) is 6.61. The van der Waals surface area contributed by atoms with Crippen LogP contribution in [0.2, 0.25) is 0 Å². The summed E-state index contributed by atoms with van der Waals surface area (Å²) in [7, 11) is 1.63. The highest BCUT2D eigenvalue weighted by Crippen LogP contribution is 2.24. The Kier molecular flexibility index (Phi) is 4.48. The lowest BCUT2D eigenvalue weighted by Crippen LogP contribution is -2.02. The van der Waals surface area contributed by atoms with Gasteiger partial charge in [0.05, 0.1) is 12.7 Å². The van der Waals surface area contributed by atoms with E-state index in [1.165, 1.54) is 6.07 Å². The summed E-state index contributed by atoms with van der Waals surface area (Å²) in [5.41, 5.74) is 3.14. The van der Waals surface area contributed by atoms with Crippen molar-refractivity contribution in [2.24, 2.45) is 0 Å². The molecule has 0 aliphatic carbocycles. The smallest absolute Gasteiger partial charge is 0.335 e. The van der Waals surface area contributed by atoms with Crippen molar-refractivity contribution < 1.29 is 19.4 Å². The van der Waals surface area contributed by atoms with Gasteiger partial charge in [-0.3, -0.25) is 0 Å². The second kappa shape index (κ2) is 6.31. The summed E-state index contributed by atoms with van der Waals surface area (Å²) in [4.78, 5) is 10.9. The van der Waals surface area contributed by atoms with E-state index in [-0.39, 0.29) is 5.56 Å². The van der Waals surface area contributed by atoms with Crippen LogP contribution < -0.4 is 9.47 Å². The standard InChI is InChI=1S/C17H18O4/c1-11-4-6-16(20-3)14(8-11)10-21-15-7-5-13(17(18)19)9-12(15)2/h4-9H,10H2,1-3H3,(H,18,19). The molecule has 4 heteroatoms. The SMILES string of the molecule is COc1ccc(C)cc1COc1ccc(C(=O)O)cc1C. The predicted molar refractivity (Wildman–Crippen MR) is 80.2 cm³/mol. The molecule has 2 aromatic carbocycles. The van der Waals surface area contributed by atoms with E-state index < -0.39 is 5.97 Å². The van der Waals surface area contributed by atoms with Crippen molar-refractivity contribution >= 4 is 5.97 Å². The van der Waals surface area contributed by atoms with Gasteiger partial charge in [-0.15, -0.1) is 0 Å². The molecule has 0 fully saturated rings.